The molecular formula is C12H16O3. The molecule has 0 spiro atoms. The summed E-state index contributed by atoms with van der Waals surface area (Å²) >= 11 is 0. The lowest BCUT2D eigenvalue weighted by Crippen LogP contribution is -2.23. The Balaban J connectivity index is 2.92. The van der Waals surface area contributed by atoms with Crippen molar-refractivity contribution in [1.29, 1.82) is 0 Å². The molecule has 82 valence electrons. The fourth-order valence-corrected chi connectivity index (χ4v) is 1.15. The predicted molar refractivity (Wildman–Crippen MR) is 58.0 cm³/mol. The van der Waals surface area contributed by atoms with Crippen molar-refractivity contribution >= 4 is 5.97 Å². The molecule has 1 N–H and O–H groups in total. The summed E-state index contributed by atoms with van der Waals surface area (Å²) < 4.78 is 5.15. The van der Waals surface area contributed by atoms with Crippen LogP contribution in [0.2, 0.25) is 0 Å². The molecule has 0 saturated heterocycles. The summed E-state index contributed by atoms with van der Waals surface area (Å²) in [4.78, 5) is 11.6. The van der Waals surface area contributed by atoms with E-state index in [0.29, 0.717) is 0 Å². The summed E-state index contributed by atoms with van der Waals surface area (Å²) in [7, 11) is 0. The number of phenolic OH excluding ortho intramolecular Hbond substituents is 1. The third-order valence-corrected chi connectivity index (χ3v) is 1.77. The summed E-state index contributed by atoms with van der Waals surface area (Å²) in [6.45, 7) is 7.21. The number of hydrogen-bond acceptors (Lipinski definition) is 3. The van der Waals surface area contributed by atoms with Crippen molar-refractivity contribution in [3.8, 4) is 5.75 Å². The monoisotopic (exact) mass is 208 g/mol. The van der Waals surface area contributed by atoms with E-state index in [1.165, 1.54) is 0 Å². The minimum absolute atomic E-state index is 0.0377. The van der Waals surface area contributed by atoms with Gasteiger partial charge in [0.15, 0.2) is 0 Å². The van der Waals surface area contributed by atoms with Gasteiger partial charge in [-0.1, -0.05) is 6.07 Å². The number of phenols is 1. The number of hydrogen-bond donors (Lipinski definition) is 1. The molecule has 0 aromatic heterocycles. The smallest absolute Gasteiger partial charge is 0.342 e. The lowest BCUT2D eigenvalue weighted by atomic mass is 10.1. The lowest BCUT2D eigenvalue weighted by Gasteiger charge is -2.19. The average Bonchev–Trinajstić information content (AvgIpc) is 1.99. The van der Waals surface area contributed by atoms with Crippen molar-refractivity contribution < 1.29 is 14.6 Å². The van der Waals surface area contributed by atoms with Gasteiger partial charge in [-0.3, -0.25) is 0 Å². The minimum atomic E-state index is -0.547. The highest BCUT2D eigenvalue weighted by atomic mass is 16.6. The van der Waals surface area contributed by atoms with Crippen LogP contribution in [0.3, 0.4) is 0 Å². The summed E-state index contributed by atoms with van der Waals surface area (Å²) in [5, 5.41) is 9.56. The Bertz CT molecular complexity index is 375. The Morgan fingerprint density at radius 2 is 1.93 bits per heavy atom. The van der Waals surface area contributed by atoms with Gasteiger partial charge in [-0.25, -0.2) is 4.79 Å². The van der Waals surface area contributed by atoms with E-state index >= 15 is 0 Å². The van der Waals surface area contributed by atoms with Crippen molar-refractivity contribution in [2.75, 3.05) is 0 Å². The number of aromatic hydroxyl groups is 1. The molecule has 0 saturated carbocycles. The maximum absolute atomic E-state index is 11.6. The van der Waals surface area contributed by atoms with Crippen molar-refractivity contribution in [3.63, 3.8) is 0 Å². The van der Waals surface area contributed by atoms with E-state index < -0.39 is 11.6 Å². The van der Waals surface area contributed by atoms with Crippen LogP contribution >= 0.6 is 0 Å². The van der Waals surface area contributed by atoms with Crippen LogP contribution in [0.15, 0.2) is 18.2 Å². The van der Waals surface area contributed by atoms with Crippen LogP contribution in [-0.4, -0.2) is 16.7 Å². The van der Waals surface area contributed by atoms with Gasteiger partial charge in [0.1, 0.15) is 16.9 Å². The van der Waals surface area contributed by atoms with Crippen LogP contribution in [0.5, 0.6) is 5.75 Å². The molecule has 1 rings (SSSR count). The zero-order valence-corrected chi connectivity index (χ0v) is 9.50. The van der Waals surface area contributed by atoms with Crippen LogP contribution in [0.1, 0.15) is 36.7 Å². The second-order valence-electron chi connectivity index (χ2n) is 4.52. The first-order valence-electron chi connectivity index (χ1n) is 4.82. The fraction of sp³-hybridized carbons (Fsp3) is 0.417. The molecule has 3 nitrogen and oxygen atoms in total. The maximum Gasteiger partial charge on any atom is 0.342 e. The Morgan fingerprint density at radius 1 is 1.33 bits per heavy atom. The van der Waals surface area contributed by atoms with E-state index in [0.717, 1.165) is 5.56 Å². The number of carbonyl (C=O) groups is 1. The van der Waals surface area contributed by atoms with Crippen molar-refractivity contribution in [2.24, 2.45) is 0 Å². The first-order valence-corrected chi connectivity index (χ1v) is 4.82. The first kappa shape index (κ1) is 11.6. The standard InChI is InChI=1S/C12H16O3/c1-8-5-6-9(10(13)7-8)11(14)15-12(2,3)4/h5-7,13H,1-4H3. The molecule has 1 aromatic rings. The quantitative estimate of drug-likeness (QED) is 0.722. The largest absolute Gasteiger partial charge is 0.507 e. The van der Waals surface area contributed by atoms with Gasteiger partial charge in [0.25, 0.3) is 0 Å². The third-order valence-electron chi connectivity index (χ3n) is 1.77. The molecule has 0 aliphatic carbocycles. The highest BCUT2D eigenvalue weighted by molar-refractivity contribution is 5.92. The van der Waals surface area contributed by atoms with Gasteiger partial charge in [0.05, 0.1) is 0 Å². The topological polar surface area (TPSA) is 46.5 Å². The van der Waals surface area contributed by atoms with Crippen LogP contribution in [0.4, 0.5) is 0 Å². The summed E-state index contributed by atoms with van der Waals surface area (Å²) in [5.74, 6) is -0.538. The Morgan fingerprint density at radius 3 is 2.40 bits per heavy atom. The van der Waals surface area contributed by atoms with Gasteiger partial charge in [-0.2, -0.15) is 0 Å². The number of esters is 1. The molecule has 1 aromatic carbocycles. The maximum atomic E-state index is 11.6. The Kier molecular flexibility index (Phi) is 3.03. The SMILES string of the molecule is Cc1ccc(C(=O)OC(C)(C)C)c(O)c1. The van der Waals surface area contributed by atoms with Crippen LogP contribution < -0.4 is 0 Å². The molecule has 3 heteroatoms. The highest BCUT2D eigenvalue weighted by Gasteiger charge is 2.20. The van der Waals surface area contributed by atoms with Crippen LogP contribution in [0.25, 0.3) is 0 Å². The van der Waals surface area contributed by atoms with Gasteiger partial charge >= 0.3 is 5.97 Å². The Labute approximate surface area is 89.7 Å². The molecular weight excluding hydrogens is 192 g/mol. The number of ether oxygens (including phenoxy) is 1. The fourth-order valence-electron chi connectivity index (χ4n) is 1.15. The molecule has 0 bridgehead atoms. The van der Waals surface area contributed by atoms with E-state index in [4.69, 9.17) is 4.74 Å². The molecule has 0 aliphatic heterocycles. The van der Waals surface area contributed by atoms with E-state index in [1.807, 2.05) is 6.92 Å². The molecule has 0 heterocycles. The van der Waals surface area contributed by atoms with Crippen LogP contribution in [-0.2, 0) is 4.74 Å². The second-order valence-corrected chi connectivity index (χ2v) is 4.52. The molecule has 0 unspecified atom stereocenters. The van der Waals surface area contributed by atoms with E-state index in [-0.39, 0.29) is 11.3 Å². The number of rotatable bonds is 1. The van der Waals surface area contributed by atoms with Gasteiger partial charge < -0.3 is 9.84 Å². The minimum Gasteiger partial charge on any atom is -0.507 e. The van der Waals surface area contributed by atoms with E-state index in [2.05, 4.69) is 0 Å². The zero-order valence-electron chi connectivity index (χ0n) is 9.50. The molecule has 0 amide bonds. The molecule has 0 radical (unpaired) electrons. The molecule has 0 fully saturated rings. The normalized spacial score (nSPS) is 11.2. The van der Waals surface area contributed by atoms with E-state index in [1.54, 1.807) is 39.0 Å². The summed E-state index contributed by atoms with van der Waals surface area (Å²) in [5.41, 5.74) is 0.560. The highest BCUT2D eigenvalue weighted by Crippen LogP contribution is 2.21. The third kappa shape index (κ3) is 3.27. The van der Waals surface area contributed by atoms with Gasteiger partial charge in [0, 0.05) is 0 Å². The van der Waals surface area contributed by atoms with Crippen molar-refractivity contribution in [1.82, 2.24) is 0 Å². The summed E-state index contributed by atoms with van der Waals surface area (Å²) in [6.07, 6.45) is 0. The van der Waals surface area contributed by atoms with Crippen molar-refractivity contribution in [3.05, 3.63) is 29.3 Å². The van der Waals surface area contributed by atoms with Crippen molar-refractivity contribution in [2.45, 2.75) is 33.3 Å². The summed E-state index contributed by atoms with van der Waals surface area (Å²) in [6, 6.07) is 4.87. The Hall–Kier alpha value is -1.51. The second kappa shape index (κ2) is 3.93. The molecule has 15 heavy (non-hydrogen) atoms. The van der Waals surface area contributed by atoms with Gasteiger partial charge in [-0.15, -0.1) is 0 Å². The van der Waals surface area contributed by atoms with Gasteiger partial charge in [-0.05, 0) is 45.4 Å². The predicted octanol–water partition coefficient (Wildman–Crippen LogP) is 2.66. The lowest BCUT2D eigenvalue weighted by molar-refractivity contribution is 0.00668. The number of benzene rings is 1. The number of carbonyl (C=O) groups excluding carboxylic acids is 1. The first-order chi connectivity index (χ1) is 6.79. The van der Waals surface area contributed by atoms with Gasteiger partial charge in [0.2, 0.25) is 0 Å². The van der Waals surface area contributed by atoms with Crippen LogP contribution in [0, 0.1) is 6.92 Å². The average molecular weight is 208 g/mol. The van der Waals surface area contributed by atoms with E-state index in [9.17, 15) is 9.90 Å². The zero-order chi connectivity index (χ0) is 11.6. The molecule has 0 aliphatic rings. The number of aryl methyl sites for hydroxylation is 1. The molecule has 0 atom stereocenters.